The molecule has 2 saturated carbocycles. The van der Waals surface area contributed by atoms with E-state index in [0.717, 1.165) is 19.3 Å². The molecule has 2 saturated heterocycles. The van der Waals surface area contributed by atoms with Gasteiger partial charge in [-0.2, -0.15) is 0 Å². The van der Waals surface area contributed by atoms with Gasteiger partial charge in [-0.3, -0.25) is 24.0 Å². The Hall–Kier alpha value is -3.99. The van der Waals surface area contributed by atoms with Crippen LogP contribution in [0.1, 0.15) is 89.7 Å². The SMILES string of the molecule is CC(C)(C)OC(=O)N[C@H]1COCCCCCC[C@@H]2C[C@@]2(C(=O)NS(=O)(=O)C2CC2)NC(=O)[C@@H]2C[C@@H](OC(=O)N3Cc4cccc(F)c4C3)CN2C1=O. The molecular formula is C35H48FN5O10S. The second-order valence-corrected chi connectivity index (χ2v) is 17.5. The Kier molecular flexibility index (Phi) is 10.7. The number of fused-ring (bicyclic) bond motifs is 3. The molecule has 0 radical (unpaired) electrons. The summed E-state index contributed by atoms with van der Waals surface area (Å²) in [5.74, 6) is -3.00. The third-order valence-electron chi connectivity index (χ3n) is 10.2. The van der Waals surface area contributed by atoms with E-state index in [-0.39, 0.29) is 45.0 Å². The van der Waals surface area contributed by atoms with Gasteiger partial charge in [-0.25, -0.2) is 22.4 Å². The molecule has 6 rings (SSSR count). The van der Waals surface area contributed by atoms with Crippen LogP contribution in [0.25, 0.3) is 0 Å². The molecule has 0 bridgehead atoms. The fourth-order valence-electron chi connectivity index (χ4n) is 7.23. The third-order valence-corrected chi connectivity index (χ3v) is 12.0. The molecule has 286 valence electrons. The van der Waals surface area contributed by atoms with Crippen LogP contribution in [-0.4, -0.2) is 102 Å². The highest BCUT2D eigenvalue weighted by atomic mass is 32.2. The van der Waals surface area contributed by atoms with E-state index in [1.165, 1.54) is 15.9 Å². The summed E-state index contributed by atoms with van der Waals surface area (Å²) in [6, 6.07) is 2.04. The lowest BCUT2D eigenvalue weighted by Gasteiger charge is -2.30. The fraction of sp³-hybridized carbons (Fsp3) is 0.686. The second-order valence-electron chi connectivity index (χ2n) is 15.5. The van der Waals surface area contributed by atoms with Crippen LogP contribution in [0.3, 0.4) is 0 Å². The van der Waals surface area contributed by atoms with Crippen molar-refractivity contribution in [2.24, 2.45) is 5.92 Å². The van der Waals surface area contributed by atoms with Crippen LogP contribution in [0.2, 0.25) is 0 Å². The summed E-state index contributed by atoms with van der Waals surface area (Å²) in [6.45, 7) is 4.96. The molecule has 0 spiro atoms. The zero-order chi connectivity index (χ0) is 37.4. The number of nitrogens with zero attached hydrogens (tertiary/aromatic N) is 2. The Bertz CT molecular complexity index is 1700. The van der Waals surface area contributed by atoms with Crippen LogP contribution in [0.15, 0.2) is 18.2 Å². The molecule has 5 atom stereocenters. The second kappa shape index (κ2) is 14.8. The van der Waals surface area contributed by atoms with Crippen molar-refractivity contribution >= 4 is 39.9 Å². The molecule has 52 heavy (non-hydrogen) atoms. The smallest absolute Gasteiger partial charge is 0.410 e. The number of amides is 5. The van der Waals surface area contributed by atoms with E-state index < -0.39 is 80.3 Å². The molecule has 5 amide bonds. The summed E-state index contributed by atoms with van der Waals surface area (Å²) in [5.41, 5.74) is -1.35. The lowest BCUT2D eigenvalue weighted by molar-refractivity contribution is -0.142. The molecular weight excluding hydrogens is 701 g/mol. The predicted octanol–water partition coefficient (Wildman–Crippen LogP) is 2.60. The fourth-order valence-corrected chi connectivity index (χ4v) is 8.59. The lowest BCUT2D eigenvalue weighted by Crippen LogP contribution is -2.59. The molecule has 5 aliphatic rings. The quantitative estimate of drug-likeness (QED) is 0.404. The topological polar surface area (TPSA) is 190 Å². The first kappa shape index (κ1) is 37.8. The first-order valence-corrected chi connectivity index (χ1v) is 19.6. The van der Waals surface area contributed by atoms with Crippen molar-refractivity contribution in [2.45, 2.75) is 126 Å². The molecule has 17 heteroatoms. The Morgan fingerprint density at radius 1 is 1.06 bits per heavy atom. The summed E-state index contributed by atoms with van der Waals surface area (Å²) >= 11 is 0. The van der Waals surface area contributed by atoms with E-state index in [0.29, 0.717) is 43.4 Å². The van der Waals surface area contributed by atoms with E-state index in [9.17, 15) is 36.8 Å². The molecule has 15 nitrogen and oxygen atoms in total. The van der Waals surface area contributed by atoms with E-state index in [1.807, 2.05) is 0 Å². The average molecular weight is 750 g/mol. The van der Waals surface area contributed by atoms with Gasteiger partial charge in [0.25, 0.3) is 5.91 Å². The number of halogens is 1. The molecule has 1 aromatic rings. The first-order valence-electron chi connectivity index (χ1n) is 18.0. The zero-order valence-corrected chi connectivity index (χ0v) is 30.6. The molecule has 3 N–H and O–H groups in total. The van der Waals surface area contributed by atoms with Gasteiger partial charge in [0.1, 0.15) is 35.1 Å². The number of hydrogen-bond donors (Lipinski definition) is 3. The van der Waals surface area contributed by atoms with Gasteiger partial charge in [-0.1, -0.05) is 31.4 Å². The van der Waals surface area contributed by atoms with Crippen molar-refractivity contribution in [3.8, 4) is 0 Å². The third kappa shape index (κ3) is 8.62. The number of hydrogen-bond acceptors (Lipinski definition) is 10. The van der Waals surface area contributed by atoms with Gasteiger partial charge in [-0.05, 0) is 70.4 Å². The number of ether oxygens (including phenoxy) is 3. The molecule has 0 aromatic heterocycles. The molecule has 1 aromatic carbocycles. The monoisotopic (exact) mass is 749 g/mol. The summed E-state index contributed by atoms with van der Waals surface area (Å²) in [6.07, 6.45) is 1.94. The average Bonchev–Trinajstić information content (AvgIpc) is 3.94. The van der Waals surface area contributed by atoms with Crippen molar-refractivity contribution in [1.82, 2.24) is 25.2 Å². The molecule has 4 fully saturated rings. The highest BCUT2D eigenvalue weighted by Crippen LogP contribution is 2.48. The Balaban J connectivity index is 1.25. The molecule has 2 aliphatic carbocycles. The Labute approximate surface area is 302 Å². The summed E-state index contributed by atoms with van der Waals surface area (Å²) < 4.78 is 59.2. The van der Waals surface area contributed by atoms with E-state index in [4.69, 9.17) is 14.2 Å². The summed E-state index contributed by atoms with van der Waals surface area (Å²) in [5, 5.41) is 4.72. The van der Waals surface area contributed by atoms with Crippen LogP contribution in [0, 0.1) is 11.7 Å². The number of sulfonamides is 1. The highest BCUT2D eigenvalue weighted by Gasteiger charge is 2.62. The van der Waals surface area contributed by atoms with Crippen molar-refractivity contribution < 1.29 is 51.0 Å². The number of benzene rings is 1. The summed E-state index contributed by atoms with van der Waals surface area (Å²) in [7, 11) is -3.91. The maximum absolute atomic E-state index is 14.4. The first-order chi connectivity index (χ1) is 24.6. The van der Waals surface area contributed by atoms with Crippen LogP contribution in [0.5, 0.6) is 0 Å². The number of rotatable bonds is 5. The normalized spacial score (nSPS) is 28.5. The van der Waals surface area contributed by atoms with Crippen molar-refractivity contribution in [3.05, 3.63) is 35.1 Å². The maximum Gasteiger partial charge on any atom is 0.410 e. The van der Waals surface area contributed by atoms with Gasteiger partial charge in [-0.15, -0.1) is 0 Å². The minimum absolute atomic E-state index is 0.0118. The van der Waals surface area contributed by atoms with Gasteiger partial charge < -0.3 is 29.7 Å². The zero-order valence-electron chi connectivity index (χ0n) is 29.8. The van der Waals surface area contributed by atoms with E-state index >= 15 is 0 Å². The minimum Gasteiger partial charge on any atom is -0.444 e. The van der Waals surface area contributed by atoms with Crippen LogP contribution >= 0.6 is 0 Å². The van der Waals surface area contributed by atoms with Crippen LogP contribution in [-0.2, 0) is 51.7 Å². The van der Waals surface area contributed by atoms with Crippen molar-refractivity contribution in [1.29, 1.82) is 0 Å². The summed E-state index contributed by atoms with van der Waals surface area (Å²) in [4.78, 5) is 70.8. The lowest BCUT2D eigenvalue weighted by atomic mass is 10.0. The largest absolute Gasteiger partial charge is 0.444 e. The standard InChI is InChI=1S/C35H48FN5O10S/c1-34(2,3)51-32(45)37-27-20-49-14-7-5-4-6-10-22-16-35(22,31(44)39-52(47,48)24-12-13-24)38-29(42)28-15-23(18-41(28)30(27)43)50-33(46)40-17-21-9-8-11-26(36)25(21)19-40/h8-9,11,22-24,27-28H,4-7,10,12-20H2,1-3H3,(H,37,45)(H,38,42)(H,39,44)/t22-,23-,27+,28+,35-/m1/s1. The number of alkyl carbamates (subject to hydrolysis) is 1. The van der Waals surface area contributed by atoms with Gasteiger partial charge in [0.05, 0.1) is 24.9 Å². The maximum atomic E-state index is 14.4. The Morgan fingerprint density at radius 3 is 2.52 bits per heavy atom. The predicted molar refractivity (Wildman–Crippen MR) is 182 cm³/mol. The van der Waals surface area contributed by atoms with E-state index in [1.54, 1.807) is 32.9 Å². The highest BCUT2D eigenvalue weighted by molar-refractivity contribution is 7.91. The van der Waals surface area contributed by atoms with Crippen molar-refractivity contribution in [2.75, 3.05) is 19.8 Å². The molecule has 3 heterocycles. The number of carbonyl (C=O) groups is 5. The Morgan fingerprint density at radius 2 is 1.81 bits per heavy atom. The van der Waals surface area contributed by atoms with Crippen LogP contribution < -0.4 is 15.4 Å². The molecule has 0 unspecified atom stereocenters. The number of nitrogens with one attached hydrogen (secondary N) is 3. The number of carbonyl (C=O) groups excluding carboxylic acids is 5. The van der Waals surface area contributed by atoms with E-state index in [2.05, 4.69) is 15.4 Å². The van der Waals surface area contributed by atoms with Crippen molar-refractivity contribution in [3.63, 3.8) is 0 Å². The van der Waals surface area contributed by atoms with Gasteiger partial charge >= 0.3 is 12.2 Å². The van der Waals surface area contributed by atoms with Gasteiger partial charge in [0, 0.05) is 25.1 Å². The molecule has 3 aliphatic heterocycles. The minimum atomic E-state index is -3.91. The van der Waals surface area contributed by atoms with Gasteiger partial charge in [0.15, 0.2) is 0 Å². The van der Waals surface area contributed by atoms with Gasteiger partial charge in [0.2, 0.25) is 21.8 Å². The van der Waals surface area contributed by atoms with Crippen LogP contribution in [0.4, 0.5) is 14.0 Å².